The lowest BCUT2D eigenvalue weighted by molar-refractivity contribution is 0.628. The van der Waals surface area contributed by atoms with Crippen molar-refractivity contribution in [3.8, 4) is 22.4 Å². The van der Waals surface area contributed by atoms with Crippen LogP contribution in [0.4, 0.5) is 10.1 Å². The molecule has 0 bridgehead atoms. The number of benzene rings is 1. The fourth-order valence-corrected chi connectivity index (χ4v) is 3.36. The SMILES string of the molecule is N=C(c1nc2c(-c3ccc(F)cc3)cncc2[nH]1)c1nc(-c2ccncc2)ccc1N. The van der Waals surface area contributed by atoms with E-state index in [0.29, 0.717) is 33.9 Å². The minimum Gasteiger partial charge on any atom is -0.397 e. The Kier molecular flexibility index (Phi) is 4.44. The van der Waals surface area contributed by atoms with Gasteiger partial charge in [0.2, 0.25) is 0 Å². The van der Waals surface area contributed by atoms with E-state index in [1.807, 2.05) is 12.1 Å². The number of hydrogen-bond acceptors (Lipinski definition) is 6. The van der Waals surface area contributed by atoms with E-state index in [1.165, 1.54) is 12.1 Å². The number of nitrogens with one attached hydrogen (secondary N) is 2. The average molecular weight is 409 g/mol. The number of hydrogen-bond donors (Lipinski definition) is 3. The van der Waals surface area contributed by atoms with Crippen LogP contribution >= 0.6 is 0 Å². The molecule has 0 atom stereocenters. The predicted molar refractivity (Wildman–Crippen MR) is 117 cm³/mol. The number of halogens is 1. The van der Waals surface area contributed by atoms with Crippen LogP contribution in [-0.4, -0.2) is 30.6 Å². The Morgan fingerprint density at radius 2 is 1.65 bits per heavy atom. The molecule has 0 fully saturated rings. The van der Waals surface area contributed by atoms with Crippen molar-refractivity contribution in [1.29, 1.82) is 5.41 Å². The summed E-state index contributed by atoms with van der Waals surface area (Å²) >= 11 is 0. The fourth-order valence-electron chi connectivity index (χ4n) is 3.36. The van der Waals surface area contributed by atoms with Crippen LogP contribution in [0.15, 0.2) is 73.3 Å². The monoisotopic (exact) mass is 409 g/mol. The van der Waals surface area contributed by atoms with Crippen molar-refractivity contribution < 1.29 is 4.39 Å². The van der Waals surface area contributed by atoms with E-state index >= 15 is 0 Å². The van der Waals surface area contributed by atoms with Gasteiger partial charge in [0.15, 0.2) is 5.82 Å². The summed E-state index contributed by atoms with van der Waals surface area (Å²) in [4.78, 5) is 20.6. The smallest absolute Gasteiger partial charge is 0.158 e. The van der Waals surface area contributed by atoms with E-state index in [0.717, 1.165) is 16.7 Å². The summed E-state index contributed by atoms with van der Waals surface area (Å²) in [5.74, 6) is 0.00134. The van der Waals surface area contributed by atoms with Gasteiger partial charge in [-0.05, 0) is 42.0 Å². The van der Waals surface area contributed by atoms with Gasteiger partial charge in [0.1, 0.15) is 17.2 Å². The van der Waals surface area contributed by atoms with E-state index in [1.54, 1.807) is 49.1 Å². The number of fused-ring (bicyclic) bond motifs is 1. The van der Waals surface area contributed by atoms with Crippen molar-refractivity contribution in [2.45, 2.75) is 0 Å². The Bertz CT molecular complexity index is 1410. The molecular formula is C23H16FN7. The molecule has 0 aliphatic rings. The Balaban J connectivity index is 1.58. The molecule has 0 aliphatic carbocycles. The Hall–Kier alpha value is -4.46. The van der Waals surface area contributed by atoms with Gasteiger partial charge in [0, 0.05) is 29.7 Å². The first-order chi connectivity index (χ1) is 15.1. The second kappa shape index (κ2) is 7.42. The molecule has 4 aromatic heterocycles. The molecule has 0 amide bonds. The van der Waals surface area contributed by atoms with Crippen LogP contribution in [0.5, 0.6) is 0 Å². The molecule has 0 saturated carbocycles. The van der Waals surface area contributed by atoms with Crippen molar-refractivity contribution in [1.82, 2.24) is 24.9 Å². The fraction of sp³-hybridized carbons (Fsp3) is 0. The van der Waals surface area contributed by atoms with Crippen molar-refractivity contribution in [2.24, 2.45) is 0 Å². The number of aromatic nitrogens is 5. The van der Waals surface area contributed by atoms with E-state index in [-0.39, 0.29) is 11.5 Å². The Morgan fingerprint density at radius 1 is 0.871 bits per heavy atom. The molecule has 8 heteroatoms. The highest BCUT2D eigenvalue weighted by atomic mass is 19.1. The third kappa shape index (κ3) is 3.40. The highest BCUT2D eigenvalue weighted by molar-refractivity contribution is 6.12. The zero-order valence-corrected chi connectivity index (χ0v) is 16.2. The summed E-state index contributed by atoms with van der Waals surface area (Å²) in [5.41, 5.74) is 11.2. The zero-order valence-electron chi connectivity index (χ0n) is 16.2. The van der Waals surface area contributed by atoms with Crippen LogP contribution in [-0.2, 0) is 0 Å². The van der Waals surface area contributed by atoms with Gasteiger partial charge in [0.05, 0.1) is 28.6 Å². The zero-order chi connectivity index (χ0) is 21.4. The molecule has 150 valence electrons. The van der Waals surface area contributed by atoms with Gasteiger partial charge in [-0.1, -0.05) is 12.1 Å². The summed E-state index contributed by atoms with van der Waals surface area (Å²) < 4.78 is 13.3. The highest BCUT2D eigenvalue weighted by Crippen LogP contribution is 2.27. The first-order valence-electron chi connectivity index (χ1n) is 9.46. The predicted octanol–water partition coefficient (Wildman–Crippen LogP) is 4.22. The van der Waals surface area contributed by atoms with E-state index < -0.39 is 0 Å². The van der Waals surface area contributed by atoms with Gasteiger partial charge in [-0.25, -0.2) is 14.4 Å². The lowest BCUT2D eigenvalue weighted by Crippen LogP contribution is -2.10. The van der Waals surface area contributed by atoms with Gasteiger partial charge >= 0.3 is 0 Å². The second-order valence-electron chi connectivity index (χ2n) is 6.92. The molecule has 0 saturated heterocycles. The average Bonchev–Trinajstić information content (AvgIpc) is 3.25. The van der Waals surface area contributed by atoms with Crippen LogP contribution < -0.4 is 5.73 Å². The second-order valence-corrected chi connectivity index (χ2v) is 6.92. The minimum absolute atomic E-state index is 0.0645. The number of anilines is 1. The molecule has 0 radical (unpaired) electrons. The van der Waals surface area contributed by atoms with Crippen LogP contribution in [0.25, 0.3) is 33.4 Å². The van der Waals surface area contributed by atoms with Gasteiger partial charge in [-0.15, -0.1) is 0 Å². The largest absolute Gasteiger partial charge is 0.397 e. The highest BCUT2D eigenvalue weighted by Gasteiger charge is 2.17. The topological polar surface area (TPSA) is 117 Å². The van der Waals surface area contributed by atoms with Crippen LogP contribution in [0.2, 0.25) is 0 Å². The van der Waals surface area contributed by atoms with Crippen molar-refractivity contribution in [3.05, 3.63) is 90.7 Å². The molecule has 7 nitrogen and oxygen atoms in total. The normalized spacial score (nSPS) is 11.0. The third-order valence-electron chi connectivity index (χ3n) is 4.93. The number of rotatable bonds is 4. The molecule has 5 rings (SSSR count). The number of nitrogen functional groups attached to an aromatic ring is 1. The quantitative estimate of drug-likeness (QED) is 0.384. The van der Waals surface area contributed by atoms with Crippen LogP contribution in [0.3, 0.4) is 0 Å². The Morgan fingerprint density at radius 3 is 2.42 bits per heavy atom. The molecule has 0 aliphatic heterocycles. The summed E-state index contributed by atoms with van der Waals surface area (Å²) in [6.07, 6.45) is 6.67. The molecule has 4 heterocycles. The van der Waals surface area contributed by atoms with Crippen LogP contribution in [0, 0.1) is 11.2 Å². The van der Waals surface area contributed by atoms with E-state index in [2.05, 4.69) is 24.9 Å². The lowest BCUT2D eigenvalue weighted by Gasteiger charge is -2.07. The number of nitrogens with zero attached hydrogens (tertiary/aromatic N) is 4. The Labute approximate surface area is 176 Å². The van der Waals surface area contributed by atoms with Gasteiger partial charge in [-0.3, -0.25) is 15.4 Å². The third-order valence-corrected chi connectivity index (χ3v) is 4.93. The number of pyridine rings is 3. The molecule has 4 N–H and O–H groups in total. The molecule has 5 aromatic rings. The summed E-state index contributed by atoms with van der Waals surface area (Å²) in [6.45, 7) is 0. The molecule has 1 aromatic carbocycles. The van der Waals surface area contributed by atoms with E-state index in [9.17, 15) is 4.39 Å². The number of aromatic amines is 1. The van der Waals surface area contributed by atoms with Crippen LogP contribution in [0.1, 0.15) is 11.5 Å². The molecule has 31 heavy (non-hydrogen) atoms. The maximum absolute atomic E-state index is 13.3. The van der Waals surface area contributed by atoms with Crippen molar-refractivity contribution >= 4 is 22.4 Å². The summed E-state index contributed by atoms with van der Waals surface area (Å²) in [7, 11) is 0. The number of imidazole rings is 1. The number of nitrogens with two attached hydrogens (primary N) is 1. The van der Waals surface area contributed by atoms with Gasteiger partial charge in [-0.2, -0.15) is 0 Å². The first-order valence-corrected chi connectivity index (χ1v) is 9.46. The lowest BCUT2D eigenvalue weighted by atomic mass is 10.1. The number of H-pyrrole nitrogens is 1. The summed E-state index contributed by atoms with van der Waals surface area (Å²) in [6, 6.07) is 13.3. The molecular weight excluding hydrogens is 393 g/mol. The summed E-state index contributed by atoms with van der Waals surface area (Å²) in [5, 5.41) is 8.69. The van der Waals surface area contributed by atoms with E-state index in [4.69, 9.17) is 11.1 Å². The molecule has 0 unspecified atom stereocenters. The maximum Gasteiger partial charge on any atom is 0.158 e. The minimum atomic E-state index is -0.316. The maximum atomic E-state index is 13.3. The standard InChI is InChI=1S/C23H16FN7/c24-15-3-1-13(2-4-15)16-11-28-12-19-21(16)31-23(30-19)20(26)22-17(25)5-6-18(29-22)14-7-9-27-10-8-14/h1-12,26H,25H2,(H,30,31). The van der Waals surface area contributed by atoms with Gasteiger partial charge < -0.3 is 10.7 Å². The van der Waals surface area contributed by atoms with Crippen molar-refractivity contribution in [3.63, 3.8) is 0 Å². The molecule has 0 spiro atoms. The van der Waals surface area contributed by atoms with Gasteiger partial charge in [0.25, 0.3) is 0 Å². The first kappa shape index (κ1) is 18.6. The van der Waals surface area contributed by atoms with Crippen molar-refractivity contribution in [2.75, 3.05) is 5.73 Å².